The Morgan fingerprint density at radius 2 is 2.20 bits per heavy atom. The van der Waals surface area contributed by atoms with E-state index < -0.39 is 0 Å². The molecule has 84 valence electrons. The Bertz CT molecular complexity index is 303. The fraction of sp³-hybridized carbons (Fsp3) is 0.455. The number of rotatable bonds is 6. The van der Waals surface area contributed by atoms with E-state index in [0.29, 0.717) is 13.2 Å². The van der Waals surface area contributed by atoms with Gasteiger partial charge in [-0.2, -0.15) is 0 Å². The molecule has 0 aromatic heterocycles. The molecule has 0 radical (unpaired) electrons. The Morgan fingerprint density at radius 3 is 2.87 bits per heavy atom. The number of aryl methyl sites for hydroxylation is 1. The van der Waals surface area contributed by atoms with Crippen LogP contribution in [-0.4, -0.2) is 31.5 Å². The summed E-state index contributed by atoms with van der Waals surface area (Å²) in [6, 6.07) is 5.75. The molecule has 4 N–H and O–H groups in total. The highest BCUT2D eigenvalue weighted by Crippen LogP contribution is 2.16. The Balaban J connectivity index is 2.31. The Kier molecular flexibility index (Phi) is 4.93. The first kappa shape index (κ1) is 11.8. The molecule has 0 saturated carbocycles. The van der Waals surface area contributed by atoms with E-state index in [4.69, 9.17) is 15.6 Å². The van der Waals surface area contributed by atoms with Crippen LogP contribution >= 0.6 is 0 Å². The number of ether oxygens (including phenoxy) is 1. The minimum atomic E-state index is 0.0703. The van der Waals surface area contributed by atoms with Gasteiger partial charge >= 0.3 is 0 Å². The SMILES string of the molecule is Cc1cc(N)ccc1NCCOCCO. The fourth-order valence-corrected chi connectivity index (χ4v) is 1.31. The van der Waals surface area contributed by atoms with Crippen molar-refractivity contribution in [3.05, 3.63) is 23.8 Å². The first-order valence-corrected chi connectivity index (χ1v) is 5.02. The molecule has 0 atom stereocenters. The number of benzene rings is 1. The molecule has 1 aromatic rings. The molecule has 1 rings (SSSR count). The van der Waals surface area contributed by atoms with Gasteiger partial charge in [0.15, 0.2) is 0 Å². The molecule has 4 nitrogen and oxygen atoms in total. The van der Waals surface area contributed by atoms with Crippen molar-refractivity contribution >= 4 is 11.4 Å². The number of hydrogen-bond acceptors (Lipinski definition) is 4. The number of nitrogens with two attached hydrogens (primary N) is 1. The molecule has 0 saturated heterocycles. The summed E-state index contributed by atoms with van der Waals surface area (Å²) in [5, 5.41) is 11.7. The Labute approximate surface area is 90.1 Å². The van der Waals surface area contributed by atoms with Crippen LogP contribution < -0.4 is 11.1 Å². The van der Waals surface area contributed by atoms with Gasteiger partial charge in [0.05, 0.1) is 19.8 Å². The topological polar surface area (TPSA) is 67.5 Å². The van der Waals surface area contributed by atoms with E-state index in [1.54, 1.807) is 0 Å². The smallest absolute Gasteiger partial charge is 0.0698 e. The highest BCUT2D eigenvalue weighted by atomic mass is 16.5. The van der Waals surface area contributed by atoms with Crippen LogP contribution in [0.15, 0.2) is 18.2 Å². The first-order valence-electron chi connectivity index (χ1n) is 5.02. The third-order valence-electron chi connectivity index (χ3n) is 2.05. The Morgan fingerprint density at radius 1 is 1.40 bits per heavy atom. The Hall–Kier alpha value is -1.26. The molecule has 0 amide bonds. The van der Waals surface area contributed by atoms with Crippen LogP contribution in [0.1, 0.15) is 5.56 Å². The lowest BCUT2D eigenvalue weighted by molar-refractivity contribution is 0.0992. The molecule has 0 heterocycles. The van der Waals surface area contributed by atoms with Gasteiger partial charge in [-0.25, -0.2) is 0 Å². The highest BCUT2D eigenvalue weighted by Gasteiger charge is 1.97. The van der Waals surface area contributed by atoms with Gasteiger partial charge in [0.1, 0.15) is 0 Å². The second-order valence-corrected chi connectivity index (χ2v) is 3.34. The highest BCUT2D eigenvalue weighted by molar-refractivity contribution is 5.57. The second-order valence-electron chi connectivity index (χ2n) is 3.34. The van der Waals surface area contributed by atoms with Crippen molar-refractivity contribution in [1.29, 1.82) is 0 Å². The molecule has 0 aliphatic heterocycles. The summed E-state index contributed by atoms with van der Waals surface area (Å²) in [5.41, 5.74) is 8.60. The molecular weight excluding hydrogens is 192 g/mol. The van der Waals surface area contributed by atoms with Gasteiger partial charge < -0.3 is 20.9 Å². The summed E-state index contributed by atoms with van der Waals surface area (Å²) >= 11 is 0. The number of anilines is 2. The van der Waals surface area contributed by atoms with Gasteiger partial charge in [-0.3, -0.25) is 0 Å². The molecule has 0 spiro atoms. The largest absolute Gasteiger partial charge is 0.399 e. The van der Waals surface area contributed by atoms with Crippen molar-refractivity contribution in [2.24, 2.45) is 0 Å². The number of hydrogen-bond donors (Lipinski definition) is 3. The lowest BCUT2D eigenvalue weighted by atomic mass is 10.2. The fourth-order valence-electron chi connectivity index (χ4n) is 1.31. The van der Waals surface area contributed by atoms with E-state index >= 15 is 0 Å². The van der Waals surface area contributed by atoms with Crippen molar-refractivity contribution in [3.63, 3.8) is 0 Å². The van der Waals surface area contributed by atoms with E-state index in [1.165, 1.54) is 0 Å². The van der Waals surface area contributed by atoms with Crippen LogP contribution in [0.4, 0.5) is 11.4 Å². The van der Waals surface area contributed by atoms with Crippen molar-refractivity contribution in [1.82, 2.24) is 0 Å². The quantitative estimate of drug-likeness (QED) is 0.484. The molecular formula is C11H18N2O2. The number of nitrogen functional groups attached to an aromatic ring is 1. The van der Waals surface area contributed by atoms with Gasteiger partial charge in [-0.1, -0.05) is 0 Å². The maximum atomic E-state index is 8.50. The standard InChI is InChI=1S/C11H18N2O2/c1-9-8-10(12)2-3-11(9)13-4-6-15-7-5-14/h2-3,8,13-14H,4-7,12H2,1H3. The maximum absolute atomic E-state index is 8.50. The van der Waals surface area contributed by atoms with E-state index in [0.717, 1.165) is 23.5 Å². The third-order valence-corrected chi connectivity index (χ3v) is 2.05. The molecule has 4 heteroatoms. The van der Waals surface area contributed by atoms with Crippen molar-refractivity contribution in [3.8, 4) is 0 Å². The van der Waals surface area contributed by atoms with Crippen LogP contribution in [0.2, 0.25) is 0 Å². The van der Waals surface area contributed by atoms with Gasteiger partial charge in [0, 0.05) is 17.9 Å². The summed E-state index contributed by atoms with van der Waals surface area (Å²) in [6.07, 6.45) is 0. The van der Waals surface area contributed by atoms with Crippen molar-refractivity contribution in [2.75, 3.05) is 37.4 Å². The van der Waals surface area contributed by atoms with Crippen molar-refractivity contribution in [2.45, 2.75) is 6.92 Å². The van der Waals surface area contributed by atoms with E-state index in [2.05, 4.69) is 5.32 Å². The van der Waals surface area contributed by atoms with Crippen LogP contribution in [0.25, 0.3) is 0 Å². The average molecular weight is 210 g/mol. The zero-order valence-corrected chi connectivity index (χ0v) is 8.99. The minimum Gasteiger partial charge on any atom is -0.399 e. The number of nitrogens with one attached hydrogen (secondary N) is 1. The predicted molar refractivity (Wildman–Crippen MR) is 62.0 cm³/mol. The minimum absolute atomic E-state index is 0.0703. The first-order chi connectivity index (χ1) is 7.24. The summed E-state index contributed by atoms with van der Waals surface area (Å²) in [5.74, 6) is 0. The summed E-state index contributed by atoms with van der Waals surface area (Å²) in [4.78, 5) is 0. The molecule has 1 aromatic carbocycles. The summed E-state index contributed by atoms with van der Waals surface area (Å²) in [7, 11) is 0. The average Bonchev–Trinajstić information content (AvgIpc) is 2.20. The lowest BCUT2D eigenvalue weighted by Crippen LogP contribution is -2.11. The van der Waals surface area contributed by atoms with Crippen LogP contribution in [-0.2, 0) is 4.74 Å². The number of aliphatic hydroxyl groups excluding tert-OH is 1. The van der Waals surface area contributed by atoms with E-state index in [9.17, 15) is 0 Å². The second kappa shape index (κ2) is 6.27. The van der Waals surface area contributed by atoms with Crippen molar-refractivity contribution < 1.29 is 9.84 Å². The lowest BCUT2D eigenvalue weighted by Gasteiger charge is -2.10. The van der Waals surface area contributed by atoms with Crippen LogP contribution in [0.3, 0.4) is 0 Å². The molecule has 0 aliphatic carbocycles. The molecule has 0 unspecified atom stereocenters. The third kappa shape index (κ3) is 4.18. The van der Waals surface area contributed by atoms with Gasteiger partial charge in [0.2, 0.25) is 0 Å². The molecule has 15 heavy (non-hydrogen) atoms. The van der Waals surface area contributed by atoms with Gasteiger partial charge in [0.25, 0.3) is 0 Å². The normalized spacial score (nSPS) is 10.3. The molecule has 0 bridgehead atoms. The monoisotopic (exact) mass is 210 g/mol. The zero-order chi connectivity index (χ0) is 11.1. The summed E-state index contributed by atoms with van der Waals surface area (Å²) < 4.78 is 5.13. The van der Waals surface area contributed by atoms with Gasteiger partial charge in [-0.15, -0.1) is 0 Å². The predicted octanol–water partition coefficient (Wildman–Crippen LogP) is 0.998. The zero-order valence-electron chi connectivity index (χ0n) is 8.99. The van der Waals surface area contributed by atoms with Crippen LogP contribution in [0, 0.1) is 6.92 Å². The van der Waals surface area contributed by atoms with Gasteiger partial charge in [-0.05, 0) is 30.7 Å². The van der Waals surface area contributed by atoms with E-state index in [1.807, 2.05) is 25.1 Å². The molecule has 0 aliphatic rings. The van der Waals surface area contributed by atoms with E-state index in [-0.39, 0.29) is 6.61 Å². The summed E-state index contributed by atoms with van der Waals surface area (Å²) in [6.45, 7) is 3.78. The maximum Gasteiger partial charge on any atom is 0.0698 e. The molecule has 0 fully saturated rings. The number of aliphatic hydroxyl groups is 1. The van der Waals surface area contributed by atoms with Crippen LogP contribution in [0.5, 0.6) is 0 Å².